The summed E-state index contributed by atoms with van der Waals surface area (Å²) in [6.45, 7) is 3.04. The van der Waals surface area contributed by atoms with E-state index in [1.54, 1.807) is 31.4 Å². The van der Waals surface area contributed by atoms with Crippen LogP contribution in [0.4, 0.5) is 5.95 Å². The van der Waals surface area contributed by atoms with E-state index in [4.69, 9.17) is 4.74 Å². The Kier molecular flexibility index (Phi) is 4.29. The lowest BCUT2D eigenvalue weighted by Crippen LogP contribution is -2.37. The maximum atomic E-state index is 12.1. The summed E-state index contributed by atoms with van der Waals surface area (Å²) >= 11 is 0. The molecule has 1 saturated heterocycles. The molecule has 2 aromatic rings. The molecule has 3 rings (SSSR count). The predicted molar refractivity (Wildman–Crippen MR) is 87.5 cm³/mol. The van der Waals surface area contributed by atoms with E-state index in [9.17, 15) is 4.79 Å². The van der Waals surface area contributed by atoms with Crippen LogP contribution in [-0.4, -0.2) is 65.7 Å². The van der Waals surface area contributed by atoms with Crippen molar-refractivity contribution < 1.29 is 9.53 Å². The van der Waals surface area contributed by atoms with Crippen molar-refractivity contribution in [1.82, 2.24) is 19.4 Å². The lowest BCUT2D eigenvalue weighted by Gasteiger charge is -2.26. The van der Waals surface area contributed by atoms with Crippen LogP contribution >= 0.6 is 0 Å². The zero-order valence-electron chi connectivity index (χ0n) is 13.7. The molecule has 1 amide bonds. The van der Waals surface area contributed by atoms with Gasteiger partial charge in [-0.05, 0) is 6.07 Å². The smallest absolute Gasteiger partial charge is 0.269 e. The van der Waals surface area contributed by atoms with Crippen molar-refractivity contribution in [3.8, 4) is 11.1 Å². The first-order valence-electron chi connectivity index (χ1n) is 7.59. The first-order chi connectivity index (χ1) is 11.1. The second kappa shape index (κ2) is 6.37. The summed E-state index contributed by atoms with van der Waals surface area (Å²) in [4.78, 5) is 24.7. The van der Waals surface area contributed by atoms with Crippen LogP contribution in [-0.2, 0) is 11.8 Å². The fourth-order valence-corrected chi connectivity index (χ4v) is 2.56. The maximum Gasteiger partial charge on any atom is 0.269 e. The molecule has 0 radical (unpaired) electrons. The molecule has 0 bridgehead atoms. The highest BCUT2D eigenvalue weighted by molar-refractivity contribution is 5.94. The van der Waals surface area contributed by atoms with E-state index >= 15 is 0 Å². The first-order valence-corrected chi connectivity index (χ1v) is 7.59. The Bertz CT molecular complexity index is 687. The number of anilines is 1. The lowest BCUT2D eigenvalue weighted by molar-refractivity contribution is 0.0818. The van der Waals surface area contributed by atoms with E-state index in [2.05, 4.69) is 14.9 Å². The highest BCUT2D eigenvalue weighted by Gasteiger charge is 2.16. The van der Waals surface area contributed by atoms with E-state index in [-0.39, 0.29) is 5.91 Å². The molecule has 3 heterocycles. The topological polar surface area (TPSA) is 63.5 Å². The quantitative estimate of drug-likeness (QED) is 0.846. The Balaban J connectivity index is 1.82. The van der Waals surface area contributed by atoms with Gasteiger partial charge in [-0.1, -0.05) is 0 Å². The van der Waals surface area contributed by atoms with E-state index in [1.807, 2.05) is 23.9 Å². The largest absolute Gasteiger partial charge is 0.378 e. The molecule has 0 saturated carbocycles. The van der Waals surface area contributed by atoms with Crippen molar-refractivity contribution in [2.75, 3.05) is 45.3 Å². The van der Waals surface area contributed by atoms with Crippen LogP contribution < -0.4 is 4.90 Å². The molecule has 0 aromatic carbocycles. The highest BCUT2D eigenvalue weighted by Crippen LogP contribution is 2.22. The van der Waals surface area contributed by atoms with Crippen LogP contribution in [0.5, 0.6) is 0 Å². The number of rotatable bonds is 3. The molecule has 0 unspecified atom stereocenters. The number of hydrogen-bond donors (Lipinski definition) is 0. The molecular formula is C16H21N5O2. The molecule has 0 N–H and O–H groups in total. The maximum absolute atomic E-state index is 12.1. The summed E-state index contributed by atoms with van der Waals surface area (Å²) in [6, 6.07) is 1.87. The minimum Gasteiger partial charge on any atom is -0.378 e. The van der Waals surface area contributed by atoms with Gasteiger partial charge in [-0.3, -0.25) is 4.79 Å². The summed E-state index contributed by atoms with van der Waals surface area (Å²) < 4.78 is 7.16. The van der Waals surface area contributed by atoms with E-state index in [1.165, 1.54) is 0 Å². The molecule has 1 aliphatic heterocycles. The number of carbonyl (C=O) groups is 1. The monoisotopic (exact) mass is 315 g/mol. The van der Waals surface area contributed by atoms with Gasteiger partial charge in [0.1, 0.15) is 5.69 Å². The molecule has 2 aromatic heterocycles. The average molecular weight is 315 g/mol. The van der Waals surface area contributed by atoms with E-state index < -0.39 is 0 Å². The van der Waals surface area contributed by atoms with Crippen molar-refractivity contribution in [2.45, 2.75) is 0 Å². The Morgan fingerprint density at radius 1 is 1.17 bits per heavy atom. The number of aryl methyl sites for hydroxylation is 1. The number of morpholine rings is 1. The van der Waals surface area contributed by atoms with Crippen LogP contribution in [0.25, 0.3) is 11.1 Å². The number of carbonyl (C=O) groups excluding carboxylic acids is 1. The molecule has 0 atom stereocenters. The van der Waals surface area contributed by atoms with Crippen LogP contribution in [0.2, 0.25) is 0 Å². The minimum absolute atomic E-state index is 0.0235. The zero-order valence-corrected chi connectivity index (χ0v) is 13.7. The third-order valence-corrected chi connectivity index (χ3v) is 3.90. The standard InChI is InChI=1S/C16H21N5O2/c1-19(2)15(22)14-8-12(11-20(14)3)13-9-17-16(18-10-13)21-4-6-23-7-5-21/h8-11H,4-7H2,1-3H3. The molecule has 23 heavy (non-hydrogen) atoms. The third-order valence-electron chi connectivity index (χ3n) is 3.90. The van der Waals surface area contributed by atoms with Gasteiger partial charge in [-0.2, -0.15) is 0 Å². The Morgan fingerprint density at radius 2 is 1.83 bits per heavy atom. The normalized spacial score (nSPS) is 14.8. The summed E-state index contributed by atoms with van der Waals surface area (Å²) in [6.07, 6.45) is 5.53. The molecular weight excluding hydrogens is 294 g/mol. The molecule has 7 heteroatoms. The molecule has 122 valence electrons. The Hall–Kier alpha value is -2.41. The van der Waals surface area contributed by atoms with Crippen molar-refractivity contribution in [3.63, 3.8) is 0 Å². The number of ether oxygens (including phenoxy) is 1. The van der Waals surface area contributed by atoms with Gasteiger partial charge in [0, 0.05) is 63.9 Å². The van der Waals surface area contributed by atoms with Crippen molar-refractivity contribution in [1.29, 1.82) is 0 Å². The lowest BCUT2D eigenvalue weighted by atomic mass is 10.2. The van der Waals surface area contributed by atoms with Crippen LogP contribution in [0.3, 0.4) is 0 Å². The summed E-state index contributed by atoms with van der Waals surface area (Å²) in [5.41, 5.74) is 2.48. The van der Waals surface area contributed by atoms with Crippen LogP contribution in [0.15, 0.2) is 24.7 Å². The van der Waals surface area contributed by atoms with E-state index in [0.717, 1.165) is 30.2 Å². The third kappa shape index (κ3) is 3.19. The first kappa shape index (κ1) is 15.5. The van der Waals surface area contributed by atoms with Crippen molar-refractivity contribution in [2.24, 2.45) is 7.05 Å². The second-order valence-electron chi connectivity index (χ2n) is 5.80. The van der Waals surface area contributed by atoms with Gasteiger partial charge in [-0.25, -0.2) is 9.97 Å². The van der Waals surface area contributed by atoms with Gasteiger partial charge in [0.2, 0.25) is 5.95 Å². The van der Waals surface area contributed by atoms with Gasteiger partial charge in [-0.15, -0.1) is 0 Å². The molecule has 1 fully saturated rings. The van der Waals surface area contributed by atoms with E-state index in [0.29, 0.717) is 18.9 Å². The van der Waals surface area contributed by atoms with Crippen molar-refractivity contribution >= 4 is 11.9 Å². The number of hydrogen-bond acceptors (Lipinski definition) is 5. The van der Waals surface area contributed by atoms with Crippen LogP contribution in [0, 0.1) is 0 Å². The van der Waals surface area contributed by atoms with Gasteiger partial charge in [0.25, 0.3) is 5.91 Å². The summed E-state index contributed by atoms with van der Waals surface area (Å²) in [5.74, 6) is 0.696. The van der Waals surface area contributed by atoms with Gasteiger partial charge < -0.3 is 19.1 Å². The minimum atomic E-state index is -0.0235. The summed E-state index contributed by atoms with van der Waals surface area (Å²) in [5, 5.41) is 0. The van der Waals surface area contributed by atoms with Gasteiger partial charge >= 0.3 is 0 Å². The fraction of sp³-hybridized carbons (Fsp3) is 0.438. The van der Waals surface area contributed by atoms with Crippen molar-refractivity contribution in [3.05, 3.63) is 30.4 Å². The Morgan fingerprint density at radius 3 is 2.43 bits per heavy atom. The number of aromatic nitrogens is 3. The fourth-order valence-electron chi connectivity index (χ4n) is 2.56. The number of amides is 1. The highest BCUT2D eigenvalue weighted by atomic mass is 16.5. The van der Waals surface area contributed by atoms with Gasteiger partial charge in [0.15, 0.2) is 0 Å². The average Bonchev–Trinajstić information content (AvgIpc) is 2.97. The number of nitrogens with zero attached hydrogens (tertiary/aromatic N) is 5. The molecule has 7 nitrogen and oxygen atoms in total. The second-order valence-corrected chi connectivity index (χ2v) is 5.80. The molecule has 1 aliphatic rings. The van der Waals surface area contributed by atoms with Crippen LogP contribution in [0.1, 0.15) is 10.5 Å². The molecule has 0 aliphatic carbocycles. The Labute approximate surface area is 135 Å². The SMILES string of the molecule is CN(C)C(=O)c1cc(-c2cnc(N3CCOCC3)nc2)cn1C. The zero-order chi connectivity index (χ0) is 16.4. The predicted octanol–water partition coefficient (Wildman–Crippen LogP) is 1.02. The van der Waals surface area contributed by atoms with Gasteiger partial charge in [0.05, 0.1) is 13.2 Å². The molecule has 0 spiro atoms. The summed E-state index contributed by atoms with van der Waals surface area (Å²) in [7, 11) is 5.35.